The van der Waals surface area contributed by atoms with Gasteiger partial charge in [0.25, 0.3) is 0 Å². The van der Waals surface area contributed by atoms with E-state index in [2.05, 4.69) is 70.7 Å². The minimum absolute atomic E-state index is 0.248. The van der Waals surface area contributed by atoms with E-state index in [0.717, 1.165) is 60.1 Å². The molecule has 5 heterocycles. The number of piperidine rings is 1. The topological polar surface area (TPSA) is 114 Å². The van der Waals surface area contributed by atoms with Crippen molar-refractivity contribution in [2.24, 2.45) is 0 Å². The van der Waals surface area contributed by atoms with Gasteiger partial charge in [-0.05, 0) is 107 Å². The van der Waals surface area contributed by atoms with Crippen LogP contribution in [0.4, 0.5) is 17.6 Å². The molecule has 0 spiro atoms. The number of hydrogen-bond donors (Lipinski definition) is 2. The van der Waals surface area contributed by atoms with E-state index in [1.54, 1.807) is 6.20 Å². The van der Waals surface area contributed by atoms with Gasteiger partial charge in [-0.15, -0.1) is 15.3 Å². The Labute approximate surface area is 246 Å². The molecular weight excluding hydrogens is 524 g/mol. The first kappa shape index (κ1) is 26.7. The number of anilines is 3. The molecule has 10 nitrogen and oxygen atoms in total. The summed E-state index contributed by atoms with van der Waals surface area (Å²) < 4.78 is 1.53. The zero-order valence-electron chi connectivity index (χ0n) is 24.0. The molecule has 2 aliphatic heterocycles. The molecule has 3 N–H and O–H groups in total. The van der Waals surface area contributed by atoms with Gasteiger partial charge in [-0.25, -0.2) is 0 Å². The van der Waals surface area contributed by atoms with E-state index in [1.165, 1.54) is 62.1 Å². The highest BCUT2D eigenvalue weighted by molar-refractivity contribution is 5.68. The fourth-order valence-corrected chi connectivity index (χ4v) is 6.53. The second-order valence-electron chi connectivity index (χ2n) is 11.6. The molecule has 1 aromatic carbocycles. The van der Waals surface area contributed by atoms with Gasteiger partial charge in [-0.3, -0.25) is 9.88 Å². The minimum Gasteiger partial charge on any atom is -0.368 e. The van der Waals surface area contributed by atoms with Crippen molar-refractivity contribution < 1.29 is 0 Å². The molecule has 3 aliphatic rings. The van der Waals surface area contributed by atoms with Crippen LogP contribution in [0.1, 0.15) is 48.9 Å². The molecule has 7 rings (SSSR count). The number of nitrogens with one attached hydrogen (secondary N) is 1. The predicted octanol–water partition coefficient (Wildman–Crippen LogP) is 4.51. The number of fused-ring (bicyclic) bond motifs is 3. The summed E-state index contributed by atoms with van der Waals surface area (Å²) in [5.74, 6) is 1.19. The van der Waals surface area contributed by atoms with Gasteiger partial charge in [0.15, 0.2) is 5.82 Å². The summed E-state index contributed by atoms with van der Waals surface area (Å²) in [6.45, 7) is 5.91. The zero-order valence-corrected chi connectivity index (χ0v) is 24.0. The van der Waals surface area contributed by atoms with Crippen molar-refractivity contribution in [2.75, 3.05) is 43.8 Å². The second kappa shape index (κ2) is 12.0. The molecule has 3 aromatic heterocycles. The Morgan fingerprint density at radius 3 is 2.60 bits per heavy atom. The third-order valence-electron chi connectivity index (χ3n) is 8.78. The van der Waals surface area contributed by atoms with Crippen molar-refractivity contribution in [3.8, 4) is 17.1 Å². The van der Waals surface area contributed by atoms with E-state index >= 15 is 0 Å². The fraction of sp³-hybridized carbons (Fsp3) is 0.406. The maximum atomic E-state index is 6.24. The molecular formula is C32H38N10. The summed E-state index contributed by atoms with van der Waals surface area (Å²) in [6, 6.07) is 15.2. The van der Waals surface area contributed by atoms with Gasteiger partial charge in [0.1, 0.15) is 0 Å². The number of nitrogens with zero attached hydrogens (tertiary/aromatic N) is 8. The lowest BCUT2D eigenvalue weighted by Crippen LogP contribution is -2.43. The number of likely N-dealkylation sites (tertiary alicyclic amines) is 2. The molecule has 42 heavy (non-hydrogen) atoms. The van der Waals surface area contributed by atoms with E-state index < -0.39 is 0 Å². The molecule has 216 valence electrons. The van der Waals surface area contributed by atoms with Crippen molar-refractivity contribution >= 4 is 23.7 Å². The third-order valence-corrected chi connectivity index (χ3v) is 8.78. The number of hydrogen-bond acceptors (Lipinski definition) is 9. The summed E-state index contributed by atoms with van der Waals surface area (Å²) in [5.41, 5.74) is 12.5. The lowest BCUT2D eigenvalue weighted by molar-refractivity contribution is 0.135. The van der Waals surface area contributed by atoms with Crippen molar-refractivity contribution in [1.29, 1.82) is 0 Å². The first-order valence-corrected chi connectivity index (χ1v) is 15.2. The van der Waals surface area contributed by atoms with Crippen LogP contribution in [0, 0.1) is 0 Å². The molecule has 2 saturated heterocycles. The highest BCUT2D eigenvalue weighted by Gasteiger charge is 2.26. The van der Waals surface area contributed by atoms with E-state index in [1.807, 2.05) is 24.3 Å². The highest BCUT2D eigenvalue weighted by Crippen LogP contribution is 2.31. The lowest BCUT2D eigenvalue weighted by Gasteiger charge is -2.36. The Bertz CT molecular complexity index is 1550. The monoisotopic (exact) mass is 562 g/mol. The number of rotatable bonds is 7. The average molecular weight is 563 g/mol. The van der Waals surface area contributed by atoms with Crippen LogP contribution in [0.2, 0.25) is 0 Å². The maximum Gasteiger partial charge on any atom is 0.248 e. The van der Waals surface area contributed by atoms with Gasteiger partial charge in [-0.2, -0.15) is 9.67 Å². The zero-order chi connectivity index (χ0) is 28.3. The summed E-state index contributed by atoms with van der Waals surface area (Å²) in [6.07, 6.45) is 14.4. The van der Waals surface area contributed by atoms with E-state index in [4.69, 9.17) is 5.73 Å². The number of pyridine rings is 1. The Morgan fingerprint density at radius 1 is 0.929 bits per heavy atom. The smallest absolute Gasteiger partial charge is 0.248 e. The fourth-order valence-electron chi connectivity index (χ4n) is 6.53. The predicted molar refractivity (Wildman–Crippen MR) is 166 cm³/mol. The van der Waals surface area contributed by atoms with E-state index in [-0.39, 0.29) is 5.95 Å². The van der Waals surface area contributed by atoms with Crippen LogP contribution in [0.3, 0.4) is 0 Å². The third kappa shape index (κ3) is 5.77. The molecule has 0 unspecified atom stereocenters. The van der Waals surface area contributed by atoms with Crippen molar-refractivity contribution in [2.45, 2.75) is 51.0 Å². The first-order chi connectivity index (χ1) is 20.7. The first-order valence-electron chi connectivity index (χ1n) is 15.2. The molecule has 4 aromatic rings. The average Bonchev–Trinajstić information content (AvgIpc) is 3.65. The Morgan fingerprint density at radius 2 is 1.76 bits per heavy atom. The van der Waals surface area contributed by atoms with Crippen molar-refractivity contribution in [3.63, 3.8) is 0 Å². The van der Waals surface area contributed by atoms with Gasteiger partial charge in [-0.1, -0.05) is 30.3 Å². The molecule has 1 aliphatic carbocycles. The molecule has 0 bridgehead atoms. The van der Waals surface area contributed by atoms with Gasteiger partial charge in [0, 0.05) is 18.2 Å². The van der Waals surface area contributed by atoms with Crippen molar-refractivity contribution in [3.05, 3.63) is 71.6 Å². The lowest BCUT2D eigenvalue weighted by atomic mass is 10.0. The standard InChI is InChI=1S/C32H38N10/c33-31-36-32(39-42(31)29-21-24-9-5-8-23-7-1-2-11-28(23)30(24)38-37-29)35-26-13-12-25(34-22-26)10-6-16-40-19-14-27(15-20-40)41-17-3-4-18-41/h1-2,6-7,10-13,21-22,27H,3-5,8-9,14-20H2,(H3,33,35,36,39)/b10-6+. The molecule has 0 saturated carbocycles. The molecule has 0 amide bonds. The summed E-state index contributed by atoms with van der Waals surface area (Å²) in [4.78, 5) is 14.2. The Hall–Kier alpha value is -4.15. The number of nitrogens with two attached hydrogens (primary N) is 1. The summed E-state index contributed by atoms with van der Waals surface area (Å²) in [7, 11) is 0. The molecule has 2 fully saturated rings. The van der Waals surface area contributed by atoms with Gasteiger partial charge in [0.05, 0.1) is 23.3 Å². The Balaban J connectivity index is 0.962. The second-order valence-corrected chi connectivity index (χ2v) is 11.6. The van der Waals surface area contributed by atoms with E-state index in [9.17, 15) is 0 Å². The largest absolute Gasteiger partial charge is 0.368 e. The van der Waals surface area contributed by atoms with Crippen LogP contribution >= 0.6 is 0 Å². The van der Waals surface area contributed by atoms with Crippen LogP contribution < -0.4 is 11.1 Å². The Kier molecular flexibility index (Phi) is 7.63. The highest BCUT2D eigenvalue weighted by atomic mass is 15.4. The SMILES string of the molecule is Nc1nc(Nc2ccc(/C=C/CN3CCC(N4CCCC4)CC3)nc2)nn1-c1cc2c(nn1)-c1ccccc1CCC2. The maximum absolute atomic E-state index is 6.24. The number of benzene rings is 1. The van der Waals surface area contributed by atoms with Crippen LogP contribution in [0.15, 0.2) is 54.7 Å². The molecule has 10 heteroatoms. The quantitative estimate of drug-likeness (QED) is 0.336. The minimum atomic E-state index is 0.248. The molecule has 0 radical (unpaired) electrons. The van der Waals surface area contributed by atoms with Crippen LogP contribution in [0.5, 0.6) is 0 Å². The van der Waals surface area contributed by atoms with E-state index in [0.29, 0.717) is 11.8 Å². The summed E-state index contributed by atoms with van der Waals surface area (Å²) >= 11 is 0. The normalized spacial score (nSPS) is 18.2. The van der Waals surface area contributed by atoms with Crippen LogP contribution in [-0.2, 0) is 12.8 Å². The van der Waals surface area contributed by atoms with Gasteiger partial charge in [0.2, 0.25) is 11.9 Å². The number of aromatic nitrogens is 6. The number of nitrogen functional groups attached to an aromatic ring is 1. The van der Waals surface area contributed by atoms with Crippen LogP contribution in [-0.4, -0.2) is 78.5 Å². The summed E-state index contributed by atoms with van der Waals surface area (Å²) in [5, 5.41) is 16.8. The number of aryl methyl sites for hydroxylation is 2. The van der Waals surface area contributed by atoms with Gasteiger partial charge >= 0.3 is 0 Å². The van der Waals surface area contributed by atoms with Crippen LogP contribution in [0.25, 0.3) is 23.2 Å². The van der Waals surface area contributed by atoms with Gasteiger partial charge < -0.3 is 16.0 Å². The van der Waals surface area contributed by atoms with Crippen molar-refractivity contribution in [1.82, 2.24) is 39.7 Å². The molecule has 0 atom stereocenters.